The van der Waals surface area contributed by atoms with Gasteiger partial charge in [-0.2, -0.15) is 13.2 Å². The van der Waals surface area contributed by atoms with Crippen LogP contribution in [0.15, 0.2) is 24.3 Å². The third-order valence-corrected chi connectivity index (χ3v) is 3.99. The van der Waals surface area contributed by atoms with Crippen LogP contribution >= 0.6 is 11.3 Å². The van der Waals surface area contributed by atoms with Gasteiger partial charge in [-0.15, -0.1) is 11.3 Å². The first-order valence-electron chi connectivity index (χ1n) is 5.91. The van der Waals surface area contributed by atoms with Gasteiger partial charge in [0.15, 0.2) is 5.78 Å². The van der Waals surface area contributed by atoms with Gasteiger partial charge in [0.25, 0.3) is 0 Å². The zero-order valence-electron chi connectivity index (χ0n) is 10.9. The average Bonchev–Trinajstić information content (AvgIpc) is 2.67. The fourth-order valence-corrected chi connectivity index (χ4v) is 2.75. The number of aromatic nitrogens is 1. The highest BCUT2D eigenvalue weighted by Crippen LogP contribution is 2.32. The largest absolute Gasteiger partial charge is 0.417 e. The van der Waals surface area contributed by atoms with Crippen LogP contribution in [-0.2, 0) is 12.6 Å². The van der Waals surface area contributed by atoms with Crippen LogP contribution in [0.4, 0.5) is 13.2 Å². The summed E-state index contributed by atoms with van der Waals surface area (Å²) in [6.07, 6.45) is -4.63. The van der Waals surface area contributed by atoms with Crippen molar-refractivity contribution < 1.29 is 18.0 Å². The van der Waals surface area contributed by atoms with E-state index in [9.17, 15) is 18.0 Å². The van der Waals surface area contributed by atoms with Crippen molar-refractivity contribution in [3.63, 3.8) is 0 Å². The molecule has 0 bridgehead atoms. The summed E-state index contributed by atoms with van der Waals surface area (Å²) < 4.78 is 38.6. The Labute approximate surface area is 118 Å². The van der Waals surface area contributed by atoms with Crippen molar-refractivity contribution in [1.82, 2.24) is 4.98 Å². The number of thiazole rings is 1. The molecule has 2 nitrogen and oxygen atoms in total. The first-order valence-corrected chi connectivity index (χ1v) is 6.73. The zero-order valence-corrected chi connectivity index (χ0v) is 11.7. The number of ketones is 1. The number of alkyl halides is 3. The molecule has 0 amide bonds. The highest BCUT2D eigenvalue weighted by molar-refractivity contribution is 7.11. The van der Waals surface area contributed by atoms with E-state index in [1.807, 2.05) is 13.8 Å². The molecule has 0 saturated carbocycles. The smallest absolute Gasteiger partial charge is 0.294 e. The van der Waals surface area contributed by atoms with Gasteiger partial charge in [-0.05, 0) is 19.9 Å². The SMILES string of the molecule is Cc1nc(CC(=O)c2ccccc2C(F)(F)F)sc1C. The lowest BCUT2D eigenvalue weighted by atomic mass is 10.0. The monoisotopic (exact) mass is 299 g/mol. The van der Waals surface area contributed by atoms with Crippen molar-refractivity contribution in [3.05, 3.63) is 51.0 Å². The standard InChI is InChI=1S/C14H12F3NOS/c1-8-9(2)20-13(18-8)7-12(19)10-5-3-4-6-11(10)14(15,16)17/h3-6H,7H2,1-2H3. The minimum Gasteiger partial charge on any atom is -0.294 e. The number of hydrogen-bond acceptors (Lipinski definition) is 3. The third kappa shape index (κ3) is 3.07. The molecule has 0 aliphatic carbocycles. The lowest BCUT2D eigenvalue weighted by Gasteiger charge is -2.11. The topological polar surface area (TPSA) is 30.0 Å². The van der Waals surface area contributed by atoms with Crippen LogP contribution in [-0.4, -0.2) is 10.8 Å². The summed E-state index contributed by atoms with van der Waals surface area (Å²) in [6, 6.07) is 4.84. The number of benzene rings is 1. The molecule has 1 aromatic heterocycles. The fourth-order valence-electron chi connectivity index (χ4n) is 1.82. The van der Waals surface area contributed by atoms with Crippen molar-refractivity contribution in [2.45, 2.75) is 26.4 Å². The predicted octanol–water partition coefficient (Wildman–Crippen LogP) is 4.20. The molecule has 0 N–H and O–H groups in total. The molecule has 20 heavy (non-hydrogen) atoms. The molecular weight excluding hydrogens is 287 g/mol. The number of hydrogen-bond donors (Lipinski definition) is 0. The second-order valence-electron chi connectivity index (χ2n) is 4.39. The molecule has 1 heterocycles. The minimum absolute atomic E-state index is 0.105. The lowest BCUT2D eigenvalue weighted by molar-refractivity contribution is -0.137. The Morgan fingerprint density at radius 3 is 2.45 bits per heavy atom. The second-order valence-corrected chi connectivity index (χ2v) is 5.68. The third-order valence-electron chi connectivity index (χ3n) is 2.92. The van der Waals surface area contributed by atoms with Crippen molar-refractivity contribution >= 4 is 17.1 Å². The quantitative estimate of drug-likeness (QED) is 0.795. The Balaban J connectivity index is 2.30. The molecule has 0 radical (unpaired) electrons. The molecule has 2 rings (SSSR count). The molecular formula is C14H12F3NOS. The highest BCUT2D eigenvalue weighted by Gasteiger charge is 2.34. The van der Waals surface area contributed by atoms with Crippen LogP contribution in [0.25, 0.3) is 0 Å². The normalized spacial score (nSPS) is 11.7. The van der Waals surface area contributed by atoms with Crippen molar-refractivity contribution in [3.8, 4) is 0 Å². The average molecular weight is 299 g/mol. The summed E-state index contributed by atoms with van der Waals surface area (Å²) in [7, 11) is 0. The summed E-state index contributed by atoms with van der Waals surface area (Å²) in [5.41, 5.74) is -0.387. The Hall–Kier alpha value is -1.69. The van der Waals surface area contributed by atoms with E-state index in [0.29, 0.717) is 5.01 Å². The van der Waals surface area contributed by atoms with E-state index in [0.717, 1.165) is 16.6 Å². The first-order chi connectivity index (χ1) is 9.29. The minimum atomic E-state index is -4.53. The van der Waals surface area contributed by atoms with Crippen molar-refractivity contribution in [2.24, 2.45) is 0 Å². The van der Waals surface area contributed by atoms with E-state index >= 15 is 0 Å². The number of nitrogens with zero attached hydrogens (tertiary/aromatic N) is 1. The number of carbonyl (C=O) groups is 1. The van der Waals surface area contributed by atoms with E-state index in [4.69, 9.17) is 0 Å². The molecule has 106 valence electrons. The molecule has 0 unspecified atom stereocenters. The summed E-state index contributed by atoms with van der Waals surface area (Å²) in [5.74, 6) is -0.563. The molecule has 0 aliphatic heterocycles. The van der Waals surface area contributed by atoms with Crippen LogP contribution in [0.3, 0.4) is 0 Å². The number of Topliss-reactive ketones (excluding diaryl/α,β-unsaturated/α-hetero) is 1. The summed E-state index contributed by atoms with van der Waals surface area (Å²) >= 11 is 1.34. The molecule has 6 heteroatoms. The van der Waals surface area contributed by atoms with E-state index in [1.54, 1.807) is 0 Å². The van der Waals surface area contributed by atoms with Crippen LogP contribution in [0.5, 0.6) is 0 Å². The van der Waals surface area contributed by atoms with E-state index in [-0.39, 0.29) is 12.0 Å². The molecule has 1 aromatic carbocycles. The summed E-state index contributed by atoms with van der Waals surface area (Å²) in [5, 5.41) is 0.543. The van der Waals surface area contributed by atoms with Crippen LogP contribution in [0.2, 0.25) is 0 Å². The van der Waals surface area contributed by atoms with Gasteiger partial charge in [0, 0.05) is 10.4 Å². The number of rotatable bonds is 3. The molecule has 2 aromatic rings. The number of aryl methyl sites for hydroxylation is 2. The zero-order chi connectivity index (χ0) is 14.9. The Morgan fingerprint density at radius 2 is 1.90 bits per heavy atom. The van der Waals surface area contributed by atoms with Gasteiger partial charge < -0.3 is 0 Å². The van der Waals surface area contributed by atoms with E-state index < -0.39 is 17.5 Å². The van der Waals surface area contributed by atoms with Gasteiger partial charge in [0.1, 0.15) is 5.01 Å². The molecule has 0 aliphatic rings. The maximum atomic E-state index is 12.9. The van der Waals surface area contributed by atoms with Crippen LogP contribution < -0.4 is 0 Å². The Kier molecular flexibility index (Phi) is 3.94. The Morgan fingerprint density at radius 1 is 1.25 bits per heavy atom. The summed E-state index contributed by atoms with van der Waals surface area (Å²) in [6.45, 7) is 3.67. The fraction of sp³-hybridized carbons (Fsp3) is 0.286. The number of halogens is 3. The second kappa shape index (κ2) is 5.36. The lowest BCUT2D eigenvalue weighted by Crippen LogP contribution is -2.14. The summed E-state index contributed by atoms with van der Waals surface area (Å²) in [4.78, 5) is 17.2. The van der Waals surface area contributed by atoms with E-state index in [1.165, 1.54) is 29.5 Å². The van der Waals surface area contributed by atoms with Gasteiger partial charge in [0.05, 0.1) is 17.7 Å². The maximum absolute atomic E-state index is 12.9. The molecule has 0 fully saturated rings. The van der Waals surface area contributed by atoms with Crippen molar-refractivity contribution in [2.75, 3.05) is 0 Å². The predicted molar refractivity (Wildman–Crippen MR) is 71.1 cm³/mol. The van der Waals surface area contributed by atoms with Gasteiger partial charge in [-0.1, -0.05) is 18.2 Å². The van der Waals surface area contributed by atoms with Crippen LogP contribution in [0, 0.1) is 13.8 Å². The highest BCUT2D eigenvalue weighted by atomic mass is 32.1. The van der Waals surface area contributed by atoms with Gasteiger partial charge in [-0.3, -0.25) is 4.79 Å². The Bertz CT molecular complexity index is 627. The van der Waals surface area contributed by atoms with Gasteiger partial charge in [-0.25, -0.2) is 4.98 Å². The van der Waals surface area contributed by atoms with Gasteiger partial charge in [0.2, 0.25) is 0 Å². The molecule has 0 atom stereocenters. The van der Waals surface area contributed by atoms with E-state index in [2.05, 4.69) is 4.98 Å². The maximum Gasteiger partial charge on any atom is 0.417 e. The first kappa shape index (κ1) is 14.7. The molecule has 0 spiro atoms. The van der Waals surface area contributed by atoms with Crippen molar-refractivity contribution in [1.29, 1.82) is 0 Å². The number of carbonyl (C=O) groups excluding carboxylic acids is 1. The van der Waals surface area contributed by atoms with Gasteiger partial charge >= 0.3 is 6.18 Å². The van der Waals surface area contributed by atoms with Crippen LogP contribution in [0.1, 0.15) is 31.5 Å². The molecule has 0 saturated heterocycles.